The van der Waals surface area contributed by atoms with Gasteiger partial charge in [-0.2, -0.15) is 0 Å². The van der Waals surface area contributed by atoms with E-state index in [4.69, 9.17) is 14.3 Å². The Labute approximate surface area is 115 Å². The van der Waals surface area contributed by atoms with E-state index in [0.717, 1.165) is 0 Å². The number of amides is 1. The first-order valence-corrected chi connectivity index (χ1v) is 6.19. The van der Waals surface area contributed by atoms with Gasteiger partial charge in [0.15, 0.2) is 0 Å². The lowest BCUT2D eigenvalue weighted by Gasteiger charge is -2.04. The molecule has 1 heterocycles. The predicted molar refractivity (Wildman–Crippen MR) is 72.1 cm³/mol. The molecule has 0 atom stereocenters. The van der Waals surface area contributed by atoms with Crippen molar-refractivity contribution in [2.45, 2.75) is 13.8 Å². The minimum atomic E-state index is -1.10. The van der Waals surface area contributed by atoms with Crippen molar-refractivity contribution in [3.8, 4) is 5.75 Å². The summed E-state index contributed by atoms with van der Waals surface area (Å²) in [5.41, 5.74) is 0.897. The molecule has 2 N–H and O–H groups in total. The number of ether oxygens (including phenoxy) is 1. The van der Waals surface area contributed by atoms with Crippen molar-refractivity contribution in [3.05, 3.63) is 29.5 Å². The Morgan fingerprint density at radius 3 is 2.80 bits per heavy atom. The van der Waals surface area contributed by atoms with Crippen LogP contribution < -0.4 is 10.1 Å². The zero-order valence-corrected chi connectivity index (χ0v) is 11.2. The average molecular weight is 277 g/mol. The van der Waals surface area contributed by atoms with Crippen LogP contribution in [0.3, 0.4) is 0 Å². The first kappa shape index (κ1) is 13.9. The number of fused-ring (bicyclic) bond motifs is 1. The Morgan fingerprint density at radius 1 is 1.40 bits per heavy atom. The third-order valence-electron chi connectivity index (χ3n) is 2.77. The van der Waals surface area contributed by atoms with E-state index in [2.05, 4.69) is 5.32 Å². The molecule has 2 rings (SSSR count). The molecule has 0 saturated carbocycles. The molecule has 0 fully saturated rings. The largest absolute Gasteiger partial charge is 0.494 e. The molecule has 0 bridgehead atoms. The summed E-state index contributed by atoms with van der Waals surface area (Å²) in [6.07, 6.45) is 0. The molecule has 0 saturated heterocycles. The van der Waals surface area contributed by atoms with Crippen LogP contribution in [0.1, 0.15) is 23.0 Å². The zero-order valence-electron chi connectivity index (χ0n) is 11.2. The van der Waals surface area contributed by atoms with Gasteiger partial charge >= 0.3 is 5.97 Å². The highest BCUT2D eigenvalue weighted by molar-refractivity contribution is 6.08. The summed E-state index contributed by atoms with van der Waals surface area (Å²) in [5, 5.41) is 11.5. The summed E-state index contributed by atoms with van der Waals surface area (Å²) in [6.45, 7) is 3.61. The second kappa shape index (κ2) is 5.64. The molecule has 1 aromatic carbocycles. The monoisotopic (exact) mass is 277 g/mol. The van der Waals surface area contributed by atoms with Crippen molar-refractivity contribution >= 4 is 22.8 Å². The topological polar surface area (TPSA) is 88.8 Å². The van der Waals surface area contributed by atoms with Gasteiger partial charge in [0.2, 0.25) is 0 Å². The lowest BCUT2D eigenvalue weighted by atomic mass is 10.1. The Hall–Kier alpha value is -2.50. The van der Waals surface area contributed by atoms with Gasteiger partial charge in [0.25, 0.3) is 5.91 Å². The molecule has 20 heavy (non-hydrogen) atoms. The maximum Gasteiger partial charge on any atom is 0.322 e. The van der Waals surface area contributed by atoms with Crippen molar-refractivity contribution in [1.29, 1.82) is 0 Å². The SMILES string of the molecule is CCOc1ccc2oc(C)c(C(=O)NCC(=O)O)c2c1. The molecule has 1 amide bonds. The van der Waals surface area contributed by atoms with Gasteiger partial charge in [-0.25, -0.2) is 0 Å². The second-order valence-corrected chi connectivity index (χ2v) is 4.20. The summed E-state index contributed by atoms with van der Waals surface area (Å²) >= 11 is 0. The summed E-state index contributed by atoms with van der Waals surface area (Å²) in [7, 11) is 0. The van der Waals surface area contributed by atoms with Gasteiger partial charge in [0.1, 0.15) is 23.6 Å². The summed E-state index contributed by atoms with van der Waals surface area (Å²) < 4.78 is 10.9. The highest BCUT2D eigenvalue weighted by Crippen LogP contribution is 2.29. The fourth-order valence-electron chi connectivity index (χ4n) is 1.98. The molecule has 0 aliphatic rings. The van der Waals surface area contributed by atoms with Crippen LogP contribution in [0.15, 0.2) is 22.6 Å². The van der Waals surface area contributed by atoms with Crippen molar-refractivity contribution in [3.63, 3.8) is 0 Å². The van der Waals surface area contributed by atoms with E-state index < -0.39 is 18.4 Å². The van der Waals surface area contributed by atoms with Crippen LogP contribution in [0.25, 0.3) is 11.0 Å². The number of carbonyl (C=O) groups is 2. The molecule has 0 aliphatic heterocycles. The zero-order chi connectivity index (χ0) is 14.7. The fourth-order valence-corrected chi connectivity index (χ4v) is 1.98. The van der Waals surface area contributed by atoms with Crippen LogP contribution in [-0.2, 0) is 4.79 Å². The summed E-state index contributed by atoms with van der Waals surface area (Å²) in [4.78, 5) is 22.5. The average Bonchev–Trinajstić information content (AvgIpc) is 2.72. The summed E-state index contributed by atoms with van der Waals surface area (Å²) in [6, 6.07) is 5.19. The van der Waals surface area contributed by atoms with E-state index in [-0.39, 0.29) is 0 Å². The van der Waals surface area contributed by atoms with E-state index in [0.29, 0.717) is 34.6 Å². The first-order valence-electron chi connectivity index (χ1n) is 6.19. The smallest absolute Gasteiger partial charge is 0.322 e. The second-order valence-electron chi connectivity index (χ2n) is 4.20. The number of carbonyl (C=O) groups excluding carboxylic acids is 1. The minimum absolute atomic E-state index is 0.336. The standard InChI is InChI=1S/C14H15NO5/c1-3-19-9-4-5-11-10(6-9)13(8(2)20-11)14(18)15-7-12(16)17/h4-6H,3,7H2,1-2H3,(H,15,18)(H,16,17). The Balaban J connectivity index is 2.40. The third-order valence-corrected chi connectivity index (χ3v) is 2.77. The number of hydrogen-bond donors (Lipinski definition) is 2. The number of rotatable bonds is 5. The number of furan rings is 1. The Kier molecular flexibility index (Phi) is 3.93. The van der Waals surface area contributed by atoms with Crippen molar-refractivity contribution in [1.82, 2.24) is 5.32 Å². The van der Waals surface area contributed by atoms with E-state index in [9.17, 15) is 9.59 Å². The van der Waals surface area contributed by atoms with Gasteiger partial charge in [-0.3, -0.25) is 9.59 Å². The normalized spacial score (nSPS) is 10.5. The molecule has 1 aromatic heterocycles. The quantitative estimate of drug-likeness (QED) is 0.872. The number of nitrogens with one attached hydrogen (secondary N) is 1. The highest BCUT2D eigenvalue weighted by atomic mass is 16.5. The highest BCUT2D eigenvalue weighted by Gasteiger charge is 2.19. The Bertz CT molecular complexity index is 659. The van der Waals surface area contributed by atoms with Crippen molar-refractivity contribution in [2.75, 3.05) is 13.2 Å². The third kappa shape index (κ3) is 2.74. The number of hydrogen-bond acceptors (Lipinski definition) is 4. The summed E-state index contributed by atoms with van der Waals surface area (Å²) in [5.74, 6) is -0.499. The maximum atomic E-state index is 12.0. The molecule has 106 valence electrons. The van der Waals surface area contributed by atoms with E-state index in [1.165, 1.54) is 0 Å². The first-order chi connectivity index (χ1) is 9.52. The van der Waals surface area contributed by atoms with E-state index in [1.54, 1.807) is 25.1 Å². The van der Waals surface area contributed by atoms with Gasteiger partial charge in [-0.05, 0) is 32.0 Å². The van der Waals surface area contributed by atoms with E-state index >= 15 is 0 Å². The van der Waals surface area contributed by atoms with Crippen LogP contribution in [-0.4, -0.2) is 30.1 Å². The molecule has 6 heteroatoms. The number of carboxylic acids is 1. The number of benzene rings is 1. The molecule has 0 radical (unpaired) electrons. The molecule has 0 spiro atoms. The lowest BCUT2D eigenvalue weighted by Crippen LogP contribution is -2.29. The molecule has 0 unspecified atom stereocenters. The molecule has 6 nitrogen and oxygen atoms in total. The van der Waals surface area contributed by atoms with Gasteiger partial charge in [-0.1, -0.05) is 0 Å². The maximum absolute atomic E-state index is 12.0. The fraction of sp³-hybridized carbons (Fsp3) is 0.286. The molecular formula is C14H15NO5. The Morgan fingerprint density at radius 2 is 2.15 bits per heavy atom. The van der Waals surface area contributed by atoms with Gasteiger partial charge < -0.3 is 19.6 Å². The number of aryl methyl sites for hydroxylation is 1. The van der Waals surface area contributed by atoms with Gasteiger partial charge in [-0.15, -0.1) is 0 Å². The van der Waals surface area contributed by atoms with Gasteiger partial charge in [0.05, 0.1) is 12.2 Å². The molecule has 2 aromatic rings. The van der Waals surface area contributed by atoms with Crippen LogP contribution in [0.4, 0.5) is 0 Å². The van der Waals surface area contributed by atoms with Crippen molar-refractivity contribution < 1.29 is 23.8 Å². The van der Waals surface area contributed by atoms with Crippen LogP contribution >= 0.6 is 0 Å². The molecule has 0 aliphatic carbocycles. The van der Waals surface area contributed by atoms with Crippen LogP contribution in [0.5, 0.6) is 5.75 Å². The molecular weight excluding hydrogens is 262 g/mol. The van der Waals surface area contributed by atoms with E-state index in [1.807, 2.05) is 6.92 Å². The van der Waals surface area contributed by atoms with Crippen LogP contribution in [0, 0.1) is 6.92 Å². The van der Waals surface area contributed by atoms with Crippen molar-refractivity contribution in [2.24, 2.45) is 0 Å². The number of aliphatic carboxylic acids is 1. The van der Waals surface area contributed by atoms with Crippen LogP contribution in [0.2, 0.25) is 0 Å². The van der Waals surface area contributed by atoms with Gasteiger partial charge in [0, 0.05) is 5.39 Å². The number of carboxylic acid groups (broad SMARTS) is 1. The lowest BCUT2D eigenvalue weighted by molar-refractivity contribution is -0.135. The predicted octanol–water partition coefficient (Wildman–Crippen LogP) is 1.95. The minimum Gasteiger partial charge on any atom is -0.494 e.